The molecule has 0 aromatic heterocycles. The third kappa shape index (κ3) is 2.08. The molecule has 0 spiro atoms. The number of allylic oxidation sites excluding steroid dienone is 1. The maximum absolute atomic E-state index is 11.8. The van der Waals surface area contributed by atoms with Gasteiger partial charge in [-0.15, -0.1) is 6.58 Å². The fraction of sp³-hybridized carbons (Fsp3) is 0.692. The van der Waals surface area contributed by atoms with E-state index in [1.54, 1.807) is 6.08 Å². The summed E-state index contributed by atoms with van der Waals surface area (Å²) < 4.78 is 10.6. The average Bonchev–Trinajstić information content (AvgIpc) is 2.46. The maximum atomic E-state index is 11.8. The summed E-state index contributed by atoms with van der Waals surface area (Å²) in [6, 6.07) is 0. The van der Waals surface area contributed by atoms with Gasteiger partial charge in [0.15, 0.2) is 0 Å². The van der Waals surface area contributed by atoms with Crippen LogP contribution >= 0.6 is 0 Å². The predicted molar refractivity (Wildman–Crippen MR) is 61.1 cm³/mol. The molecule has 1 saturated heterocycles. The van der Waals surface area contributed by atoms with E-state index in [2.05, 4.69) is 6.58 Å². The zero-order valence-corrected chi connectivity index (χ0v) is 10.3. The summed E-state index contributed by atoms with van der Waals surface area (Å²) in [5, 5.41) is 0. The Bertz CT molecular complexity index is 362. The van der Waals surface area contributed by atoms with Gasteiger partial charge >= 0.3 is 11.9 Å². The van der Waals surface area contributed by atoms with Crippen LogP contribution in [0.25, 0.3) is 0 Å². The minimum absolute atomic E-state index is 0.131. The third-order valence-corrected chi connectivity index (χ3v) is 3.72. The van der Waals surface area contributed by atoms with E-state index in [1.165, 1.54) is 6.92 Å². The molecule has 2 fully saturated rings. The molecule has 17 heavy (non-hydrogen) atoms. The fourth-order valence-electron chi connectivity index (χ4n) is 2.99. The Balaban J connectivity index is 2.21. The lowest BCUT2D eigenvalue weighted by Crippen LogP contribution is -2.42. The first-order valence-electron chi connectivity index (χ1n) is 5.95. The second kappa shape index (κ2) is 4.17. The van der Waals surface area contributed by atoms with Crippen molar-refractivity contribution in [2.24, 2.45) is 11.3 Å². The van der Waals surface area contributed by atoms with Crippen LogP contribution in [0.1, 0.15) is 33.1 Å². The lowest BCUT2D eigenvalue weighted by Gasteiger charge is -2.36. The lowest BCUT2D eigenvalue weighted by atomic mass is 9.69. The van der Waals surface area contributed by atoms with Gasteiger partial charge in [0.2, 0.25) is 0 Å². The van der Waals surface area contributed by atoms with Gasteiger partial charge in [-0.1, -0.05) is 6.08 Å². The largest absolute Gasteiger partial charge is 0.458 e. The Hall–Kier alpha value is -1.32. The smallest absolute Gasteiger partial charge is 0.312 e. The molecule has 4 atom stereocenters. The van der Waals surface area contributed by atoms with Crippen LogP contribution in [-0.4, -0.2) is 24.1 Å². The Morgan fingerprint density at radius 1 is 1.65 bits per heavy atom. The Kier molecular flexibility index (Phi) is 2.98. The van der Waals surface area contributed by atoms with Gasteiger partial charge in [0.1, 0.15) is 12.2 Å². The summed E-state index contributed by atoms with van der Waals surface area (Å²) in [6.07, 6.45) is 3.30. The highest BCUT2D eigenvalue weighted by Gasteiger charge is 2.56. The highest BCUT2D eigenvalue weighted by molar-refractivity contribution is 5.79. The van der Waals surface area contributed by atoms with Crippen molar-refractivity contribution in [1.82, 2.24) is 0 Å². The van der Waals surface area contributed by atoms with Crippen LogP contribution in [0, 0.1) is 11.3 Å². The normalized spacial score (nSPS) is 39.6. The van der Waals surface area contributed by atoms with Crippen molar-refractivity contribution in [2.45, 2.75) is 45.3 Å². The molecule has 2 aliphatic rings. The first-order valence-corrected chi connectivity index (χ1v) is 5.95. The molecule has 0 unspecified atom stereocenters. The van der Waals surface area contributed by atoms with Crippen LogP contribution < -0.4 is 0 Å². The lowest BCUT2D eigenvalue weighted by molar-refractivity contribution is -0.162. The molecule has 1 saturated carbocycles. The standard InChI is InChI=1S/C13H18O4/c1-4-5-9-6-13(3)7-10(17-12(13)15)11(9)16-8(2)14/h4,9-11H,1,5-7H2,2-3H3/t9-,10+,11+,13+/m0/s1. The Morgan fingerprint density at radius 2 is 2.35 bits per heavy atom. The number of rotatable bonds is 3. The summed E-state index contributed by atoms with van der Waals surface area (Å²) in [5.74, 6) is -0.353. The van der Waals surface area contributed by atoms with Crippen molar-refractivity contribution in [3.8, 4) is 0 Å². The Labute approximate surface area is 101 Å². The summed E-state index contributed by atoms with van der Waals surface area (Å²) in [5.41, 5.74) is -0.408. The monoisotopic (exact) mass is 238 g/mol. The molecule has 94 valence electrons. The van der Waals surface area contributed by atoms with Gasteiger partial charge in [-0.3, -0.25) is 9.59 Å². The van der Waals surface area contributed by atoms with Crippen molar-refractivity contribution >= 4 is 11.9 Å². The van der Waals surface area contributed by atoms with Gasteiger partial charge in [0.25, 0.3) is 0 Å². The molecule has 2 rings (SSSR count). The van der Waals surface area contributed by atoms with Crippen LogP contribution in [0.2, 0.25) is 0 Å². The van der Waals surface area contributed by atoms with E-state index in [1.807, 2.05) is 6.92 Å². The zero-order chi connectivity index (χ0) is 12.6. The minimum atomic E-state index is -0.408. The van der Waals surface area contributed by atoms with Crippen LogP contribution in [0.4, 0.5) is 0 Å². The number of fused-ring (bicyclic) bond motifs is 2. The molecule has 1 heterocycles. The number of ether oxygens (including phenoxy) is 2. The molecule has 1 aliphatic heterocycles. The predicted octanol–water partition coefficient (Wildman–Crippen LogP) is 1.84. The Morgan fingerprint density at radius 3 is 2.94 bits per heavy atom. The quantitative estimate of drug-likeness (QED) is 0.556. The van der Waals surface area contributed by atoms with Gasteiger partial charge in [0, 0.05) is 19.3 Å². The van der Waals surface area contributed by atoms with Crippen LogP contribution in [-0.2, 0) is 19.1 Å². The van der Waals surface area contributed by atoms with E-state index in [0.29, 0.717) is 12.8 Å². The molecule has 1 aliphatic carbocycles. The first-order chi connectivity index (χ1) is 7.96. The van der Waals surface area contributed by atoms with Crippen LogP contribution in [0.15, 0.2) is 12.7 Å². The van der Waals surface area contributed by atoms with Crippen LogP contribution in [0.5, 0.6) is 0 Å². The fourth-order valence-corrected chi connectivity index (χ4v) is 2.99. The van der Waals surface area contributed by atoms with Gasteiger partial charge in [-0.05, 0) is 19.8 Å². The molecule has 0 aromatic rings. The van der Waals surface area contributed by atoms with Gasteiger partial charge in [0.05, 0.1) is 5.41 Å². The van der Waals surface area contributed by atoms with Gasteiger partial charge in [-0.25, -0.2) is 0 Å². The number of esters is 2. The molecule has 0 amide bonds. The summed E-state index contributed by atoms with van der Waals surface area (Å²) in [7, 11) is 0. The first kappa shape index (κ1) is 12.1. The second-order valence-electron chi connectivity index (χ2n) is 5.27. The van der Waals surface area contributed by atoms with E-state index in [0.717, 1.165) is 6.42 Å². The molecule has 4 nitrogen and oxygen atoms in total. The van der Waals surface area contributed by atoms with E-state index >= 15 is 0 Å². The molecule has 0 aromatic carbocycles. The van der Waals surface area contributed by atoms with E-state index in [4.69, 9.17) is 9.47 Å². The average molecular weight is 238 g/mol. The molecule has 4 heteroatoms. The second-order valence-corrected chi connectivity index (χ2v) is 5.27. The molecule has 2 bridgehead atoms. The molecule has 0 N–H and O–H groups in total. The number of carbonyl (C=O) groups is 2. The summed E-state index contributed by atoms with van der Waals surface area (Å²) >= 11 is 0. The molecular weight excluding hydrogens is 220 g/mol. The summed E-state index contributed by atoms with van der Waals surface area (Å²) in [4.78, 5) is 22.9. The topological polar surface area (TPSA) is 52.6 Å². The van der Waals surface area contributed by atoms with Crippen molar-refractivity contribution in [3.05, 3.63) is 12.7 Å². The zero-order valence-electron chi connectivity index (χ0n) is 10.3. The van der Waals surface area contributed by atoms with Crippen molar-refractivity contribution in [1.29, 1.82) is 0 Å². The number of hydrogen-bond donors (Lipinski definition) is 0. The van der Waals surface area contributed by atoms with E-state index in [9.17, 15) is 9.59 Å². The van der Waals surface area contributed by atoms with Crippen molar-refractivity contribution in [2.75, 3.05) is 0 Å². The van der Waals surface area contributed by atoms with Crippen LogP contribution in [0.3, 0.4) is 0 Å². The van der Waals surface area contributed by atoms with Gasteiger partial charge in [-0.2, -0.15) is 0 Å². The van der Waals surface area contributed by atoms with Crippen molar-refractivity contribution in [3.63, 3.8) is 0 Å². The molecular formula is C13H18O4. The third-order valence-electron chi connectivity index (χ3n) is 3.72. The SMILES string of the molecule is C=CC[C@H]1C[C@]2(C)C[C@@H](OC2=O)[C@@H]1OC(C)=O. The molecule has 0 radical (unpaired) electrons. The highest BCUT2D eigenvalue weighted by atomic mass is 16.6. The maximum Gasteiger partial charge on any atom is 0.312 e. The van der Waals surface area contributed by atoms with Gasteiger partial charge < -0.3 is 9.47 Å². The highest BCUT2D eigenvalue weighted by Crippen LogP contribution is 2.48. The summed E-state index contributed by atoms with van der Waals surface area (Å²) in [6.45, 7) is 7.02. The van der Waals surface area contributed by atoms with Crippen molar-refractivity contribution < 1.29 is 19.1 Å². The van der Waals surface area contributed by atoms with E-state index in [-0.39, 0.29) is 30.1 Å². The number of hydrogen-bond acceptors (Lipinski definition) is 4. The minimum Gasteiger partial charge on any atom is -0.458 e. The van der Waals surface area contributed by atoms with E-state index < -0.39 is 5.41 Å². The number of carbonyl (C=O) groups excluding carboxylic acids is 2.